The molecule has 8 heteroatoms. The zero-order chi connectivity index (χ0) is 18.2. The van der Waals surface area contributed by atoms with Gasteiger partial charge in [-0.1, -0.05) is 0 Å². The molecule has 6 nitrogen and oxygen atoms in total. The van der Waals surface area contributed by atoms with E-state index in [1.807, 2.05) is 6.92 Å². The number of halogens is 2. The van der Waals surface area contributed by atoms with E-state index in [0.29, 0.717) is 44.4 Å². The second-order valence-electron chi connectivity index (χ2n) is 7.74. The first kappa shape index (κ1) is 17.9. The minimum atomic E-state index is -2.59. The maximum absolute atomic E-state index is 13.4. The van der Waals surface area contributed by atoms with Gasteiger partial charge in [0, 0.05) is 36.9 Å². The number of likely N-dealkylation sites (tertiary alicyclic amines) is 1. The zero-order valence-electron chi connectivity index (χ0n) is 14.3. The van der Waals surface area contributed by atoms with Gasteiger partial charge in [0.05, 0.1) is 0 Å². The molecule has 1 aromatic heterocycles. The maximum Gasteiger partial charge on any atom is 0.407 e. The van der Waals surface area contributed by atoms with E-state index in [4.69, 9.17) is 4.52 Å². The lowest BCUT2D eigenvalue weighted by molar-refractivity contribution is -0.0550. The number of hydrogen-bond donors (Lipinski definition) is 2. The fourth-order valence-corrected chi connectivity index (χ4v) is 4.49. The Balaban J connectivity index is 1.75. The van der Waals surface area contributed by atoms with Gasteiger partial charge in [-0.2, -0.15) is 5.16 Å². The Labute approximate surface area is 144 Å². The van der Waals surface area contributed by atoms with E-state index in [9.17, 15) is 23.5 Å². The second-order valence-corrected chi connectivity index (χ2v) is 7.74. The van der Waals surface area contributed by atoms with Gasteiger partial charge in [0.15, 0.2) is 0 Å². The Bertz CT molecular complexity index is 676. The third-order valence-electron chi connectivity index (χ3n) is 5.78. The van der Waals surface area contributed by atoms with E-state index in [1.54, 1.807) is 0 Å². The molecule has 140 valence electrons. The summed E-state index contributed by atoms with van der Waals surface area (Å²) in [6.07, 6.45) is 1.24. The van der Waals surface area contributed by atoms with Crippen LogP contribution in [-0.2, 0) is 0 Å². The van der Waals surface area contributed by atoms with Crippen LogP contribution in [-0.4, -0.2) is 39.3 Å². The minimum absolute atomic E-state index is 0.0513. The molecule has 3 rings (SSSR count). The molecule has 0 bridgehead atoms. The number of rotatable bonds is 3. The highest BCUT2D eigenvalue weighted by Crippen LogP contribution is 2.45. The Kier molecular flexibility index (Phi) is 4.64. The Morgan fingerprint density at radius 3 is 2.64 bits per heavy atom. The van der Waals surface area contributed by atoms with Gasteiger partial charge in [-0.25, -0.2) is 13.6 Å². The number of aromatic nitrogens is 1. The molecule has 1 saturated carbocycles. The van der Waals surface area contributed by atoms with Crippen LogP contribution >= 0.6 is 0 Å². The number of carbonyl (C=O) groups is 1. The van der Waals surface area contributed by atoms with Crippen LogP contribution in [0.15, 0.2) is 15.4 Å². The number of hydrogen-bond acceptors (Lipinski definition) is 3. The fraction of sp³-hybridized carbons (Fsp3) is 0.765. The number of carboxylic acid groups (broad SMARTS) is 1. The van der Waals surface area contributed by atoms with Crippen LogP contribution in [0.1, 0.15) is 63.5 Å². The van der Waals surface area contributed by atoms with Gasteiger partial charge >= 0.3 is 6.09 Å². The Morgan fingerprint density at radius 1 is 1.40 bits per heavy atom. The fourth-order valence-electron chi connectivity index (χ4n) is 4.49. The summed E-state index contributed by atoms with van der Waals surface area (Å²) in [5.74, 6) is -2.02. The molecule has 0 radical (unpaired) electrons. The quantitative estimate of drug-likeness (QED) is 0.860. The molecule has 1 saturated heterocycles. The SMILES string of the molecule is C[C@]1(CC2CCC(F)(F)CC2)C[C@@H](c2cc(=O)[nH]o2)CCN1C(=O)O. The molecule has 1 aliphatic carbocycles. The van der Waals surface area contributed by atoms with E-state index in [-0.39, 0.29) is 30.2 Å². The maximum atomic E-state index is 13.4. The summed E-state index contributed by atoms with van der Waals surface area (Å²) >= 11 is 0. The predicted octanol–water partition coefficient (Wildman–Crippen LogP) is 3.80. The van der Waals surface area contributed by atoms with Gasteiger partial charge in [-0.3, -0.25) is 4.79 Å². The van der Waals surface area contributed by atoms with Crippen molar-refractivity contribution in [3.8, 4) is 0 Å². The van der Waals surface area contributed by atoms with Crippen molar-refractivity contribution in [2.24, 2.45) is 5.92 Å². The van der Waals surface area contributed by atoms with Gasteiger partial charge < -0.3 is 14.5 Å². The van der Waals surface area contributed by atoms with Gasteiger partial charge in [-0.15, -0.1) is 0 Å². The third kappa shape index (κ3) is 3.88. The van der Waals surface area contributed by atoms with Crippen LogP contribution in [0.2, 0.25) is 0 Å². The molecule has 2 atom stereocenters. The molecule has 0 spiro atoms. The summed E-state index contributed by atoms with van der Waals surface area (Å²) in [5.41, 5.74) is -0.964. The molecular weight excluding hydrogens is 334 g/mol. The van der Waals surface area contributed by atoms with Crippen molar-refractivity contribution in [1.82, 2.24) is 10.1 Å². The van der Waals surface area contributed by atoms with Crippen molar-refractivity contribution >= 4 is 6.09 Å². The predicted molar refractivity (Wildman–Crippen MR) is 86.0 cm³/mol. The number of nitrogens with zero attached hydrogens (tertiary/aromatic N) is 1. The van der Waals surface area contributed by atoms with Crippen LogP contribution in [0.4, 0.5) is 13.6 Å². The van der Waals surface area contributed by atoms with Crippen molar-refractivity contribution in [3.05, 3.63) is 22.2 Å². The number of amides is 1. The molecule has 2 N–H and O–H groups in total. The highest BCUT2D eigenvalue weighted by Gasteiger charge is 2.45. The van der Waals surface area contributed by atoms with Crippen LogP contribution in [0.25, 0.3) is 0 Å². The lowest BCUT2D eigenvalue weighted by Crippen LogP contribution is -2.55. The minimum Gasteiger partial charge on any atom is -0.465 e. The monoisotopic (exact) mass is 358 g/mol. The molecule has 25 heavy (non-hydrogen) atoms. The third-order valence-corrected chi connectivity index (χ3v) is 5.78. The molecule has 1 aromatic rings. The van der Waals surface area contributed by atoms with Crippen molar-refractivity contribution < 1.29 is 23.2 Å². The summed E-state index contributed by atoms with van der Waals surface area (Å²) in [6, 6.07) is 1.41. The normalized spacial score (nSPS) is 30.4. The number of alkyl halides is 2. The first-order valence-electron chi connectivity index (χ1n) is 8.75. The Hall–Kier alpha value is -1.86. The van der Waals surface area contributed by atoms with Crippen molar-refractivity contribution in [2.45, 2.75) is 69.2 Å². The summed E-state index contributed by atoms with van der Waals surface area (Å²) in [7, 11) is 0. The number of H-pyrrole nitrogens is 1. The number of piperidine rings is 1. The summed E-state index contributed by atoms with van der Waals surface area (Å²) in [6.45, 7) is 2.22. The summed E-state index contributed by atoms with van der Waals surface area (Å²) in [5, 5.41) is 11.8. The average molecular weight is 358 g/mol. The summed E-state index contributed by atoms with van der Waals surface area (Å²) < 4.78 is 32.0. The highest BCUT2D eigenvalue weighted by molar-refractivity contribution is 5.66. The van der Waals surface area contributed by atoms with Gasteiger partial charge in [-0.05, 0) is 44.9 Å². The average Bonchev–Trinajstić information content (AvgIpc) is 2.95. The van der Waals surface area contributed by atoms with Crippen LogP contribution < -0.4 is 5.56 Å². The molecule has 2 aliphatic rings. The number of aromatic amines is 1. The highest BCUT2D eigenvalue weighted by atomic mass is 19.3. The first-order chi connectivity index (χ1) is 11.7. The molecule has 1 aliphatic heterocycles. The molecule has 1 amide bonds. The van der Waals surface area contributed by atoms with Crippen molar-refractivity contribution in [1.29, 1.82) is 0 Å². The van der Waals surface area contributed by atoms with Gasteiger partial charge in [0.25, 0.3) is 5.56 Å². The van der Waals surface area contributed by atoms with E-state index < -0.39 is 17.6 Å². The second kappa shape index (κ2) is 6.46. The van der Waals surface area contributed by atoms with E-state index in [0.717, 1.165) is 0 Å². The van der Waals surface area contributed by atoms with Crippen molar-refractivity contribution in [3.63, 3.8) is 0 Å². The van der Waals surface area contributed by atoms with E-state index in [1.165, 1.54) is 11.0 Å². The van der Waals surface area contributed by atoms with E-state index >= 15 is 0 Å². The Morgan fingerprint density at radius 2 is 2.08 bits per heavy atom. The lowest BCUT2D eigenvalue weighted by Gasteiger charge is -2.48. The molecular formula is C17H24F2N2O4. The standard InChI is InChI=1S/C17H24F2N2O4/c1-16(9-11-2-5-17(18,19)6-3-11)10-12(4-7-21(16)15(23)24)13-8-14(22)20-25-13/h8,11-12H,2-7,9-10H2,1H3,(H,20,22)(H,23,24)/t12-,16-/m0/s1. The molecule has 0 unspecified atom stereocenters. The van der Waals surface area contributed by atoms with Gasteiger partial charge in [0.2, 0.25) is 5.92 Å². The van der Waals surface area contributed by atoms with Crippen LogP contribution in [0, 0.1) is 5.92 Å². The van der Waals surface area contributed by atoms with Crippen LogP contribution in [0.5, 0.6) is 0 Å². The largest absolute Gasteiger partial charge is 0.465 e. The number of nitrogens with one attached hydrogen (secondary N) is 1. The topological polar surface area (TPSA) is 86.5 Å². The lowest BCUT2D eigenvalue weighted by atomic mass is 9.72. The van der Waals surface area contributed by atoms with Crippen molar-refractivity contribution in [2.75, 3.05) is 6.54 Å². The van der Waals surface area contributed by atoms with E-state index in [2.05, 4.69) is 5.16 Å². The van der Waals surface area contributed by atoms with Crippen LogP contribution in [0.3, 0.4) is 0 Å². The molecule has 2 heterocycles. The first-order valence-corrected chi connectivity index (χ1v) is 8.75. The molecule has 2 fully saturated rings. The molecule has 0 aromatic carbocycles. The summed E-state index contributed by atoms with van der Waals surface area (Å²) in [4.78, 5) is 24.4. The zero-order valence-corrected chi connectivity index (χ0v) is 14.3. The van der Waals surface area contributed by atoms with Gasteiger partial charge in [0.1, 0.15) is 5.76 Å². The smallest absolute Gasteiger partial charge is 0.407 e.